The van der Waals surface area contributed by atoms with E-state index in [4.69, 9.17) is 5.11 Å². The number of carboxylic acid groups (broad SMARTS) is 1. The molecule has 6 heteroatoms. The summed E-state index contributed by atoms with van der Waals surface area (Å²) in [6.45, 7) is 4.06. The maximum atomic E-state index is 13.9. The second kappa shape index (κ2) is 6.60. The number of rotatable bonds is 1. The SMILES string of the molecule is CC1(C)CC(=O)c2cc(C#Cc3cc(NC(=O)O)ccc3F)cnc2C1. The molecule has 0 atom stereocenters. The predicted octanol–water partition coefficient (Wildman–Crippen LogP) is 3.87. The van der Waals surface area contributed by atoms with Gasteiger partial charge in [-0.2, -0.15) is 0 Å². The number of Topliss-reactive ketones (excluding diaryl/α,β-unsaturated/α-hetero) is 1. The number of carbonyl (C=O) groups excluding carboxylic acids is 1. The number of benzene rings is 1. The fourth-order valence-corrected chi connectivity index (χ4v) is 2.95. The molecule has 1 aromatic carbocycles. The van der Waals surface area contributed by atoms with Crippen LogP contribution in [0.15, 0.2) is 30.5 Å². The molecular weight excluding hydrogens is 335 g/mol. The first-order chi connectivity index (χ1) is 12.2. The van der Waals surface area contributed by atoms with E-state index in [0.29, 0.717) is 17.5 Å². The van der Waals surface area contributed by atoms with Crippen molar-refractivity contribution in [2.75, 3.05) is 5.32 Å². The van der Waals surface area contributed by atoms with Crippen LogP contribution in [-0.2, 0) is 6.42 Å². The summed E-state index contributed by atoms with van der Waals surface area (Å²) >= 11 is 0. The highest BCUT2D eigenvalue weighted by Crippen LogP contribution is 2.33. The molecule has 26 heavy (non-hydrogen) atoms. The van der Waals surface area contributed by atoms with Crippen molar-refractivity contribution in [1.82, 2.24) is 4.98 Å². The Morgan fingerprint density at radius 3 is 2.77 bits per heavy atom. The number of fused-ring (bicyclic) bond motifs is 1. The van der Waals surface area contributed by atoms with Crippen LogP contribution in [0.1, 0.15) is 47.4 Å². The van der Waals surface area contributed by atoms with Crippen molar-refractivity contribution in [2.45, 2.75) is 26.7 Å². The Balaban J connectivity index is 1.91. The van der Waals surface area contributed by atoms with Crippen molar-refractivity contribution in [2.24, 2.45) is 5.41 Å². The van der Waals surface area contributed by atoms with Crippen LogP contribution < -0.4 is 5.32 Å². The van der Waals surface area contributed by atoms with Crippen LogP contribution in [0.5, 0.6) is 0 Å². The lowest BCUT2D eigenvalue weighted by Gasteiger charge is -2.29. The highest BCUT2D eigenvalue weighted by Gasteiger charge is 2.31. The largest absolute Gasteiger partial charge is 0.465 e. The van der Waals surface area contributed by atoms with Gasteiger partial charge in [-0.1, -0.05) is 25.7 Å². The Labute approximate surface area is 150 Å². The number of halogens is 1. The zero-order chi connectivity index (χ0) is 18.9. The fraction of sp³-hybridized carbons (Fsp3) is 0.250. The Morgan fingerprint density at radius 1 is 1.27 bits per heavy atom. The number of hydrogen-bond donors (Lipinski definition) is 2. The topological polar surface area (TPSA) is 79.3 Å². The van der Waals surface area contributed by atoms with Crippen molar-refractivity contribution >= 4 is 17.6 Å². The molecule has 3 rings (SSSR count). The zero-order valence-corrected chi connectivity index (χ0v) is 14.4. The Bertz CT molecular complexity index is 971. The zero-order valence-electron chi connectivity index (χ0n) is 14.4. The van der Waals surface area contributed by atoms with E-state index in [1.54, 1.807) is 12.3 Å². The standard InChI is InChI=1S/C20H17FN2O3/c1-20(2)9-17-15(18(24)10-20)7-12(11-22-17)3-4-13-8-14(23-19(25)26)5-6-16(13)21/h5-8,11,23H,9-10H2,1-2H3,(H,25,26). The van der Waals surface area contributed by atoms with Crippen molar-refractivity contribution in [3.63, 3.8) is 0 Å². The van der Waals surface area contributed by atoms with Crippen LogP contribution in [0, 0.1) is 23.1 Å². The number of pyridine rings is 1. The van der Waals surface area contributed by atoms with Crippen LogP contribution in [0.2, 0.25) is 0 Å². The van der Waals surface area contributed by atoms with Gasteiger partial charge in [0.15, 0.2) is 5.78 Å². The minimum absolute atomic E-state index is 0.0336. The second-order valence-corrected chi connectivity index (χ2v) is 7.03. The average Bonchev–Trinajstić information content (AvgIpc) is 2.54. The highest BCUT2D eigenvalue weighted by molar-refractivity contribution is 5.98. The van der Waals surface area contributed by atoms with Gasteiger partial charge in [0.2, 0.25) is 0 Å². The summed E-state index contributed by atoms with van der Waals surface area (Å²) in [4.78, 5) is 27.3. The van der Waals surface area contributed by atoms with E-state index in [1.165, 1.54) is 12.1 Å². The minimum Gasteiger partial charge on any atom is -0.465 e. The van der Waals surface area contributed by atoms with Gasteiger partial charge in [0, 0.05) is 29.4 Å². The first-order valence-corrected chi connectivity index (χ1v) is 8.07. The van der Waals surface area contributed by atoms with E-state index in [2.05, 4.69) is 22.1 Å². The Hall–Kier alpha value is -3.20. The van der Waals surface area contributed by atoms with Gasteiger partial charge in [-0.15, -0.1) is 0 Å². The second-order valence-electron chi connectivity index (χ2n) is 7.03. The number of nitrogens with one attached hydrogen (secondary N) is 1. The quantitative estimate of drug-likeness (QED) is 0.764. The van der Waals surface area contributed by atoms with Gasteiger partial charge in [0.1, 0.15) is 5.82 Å². The van der Waals surface area contributed by atoms with Crippen LogP contribution in [0.3, 0.4) is 0 Å². The monoisotopic (exact) mass is 352 g/mol. The number of carbonyl (C=O) groups is 2. The van der Waals surface area contributed by atoms with Crippen molar-refractivity contribution in [3.8, 4) is 11.8 Å². The summed E-state index contributed by atoms with van der Waals surface area (Å²) in [5.74, 6) is 4.94. The lowest BCUT2D eigenvalue weighted by molar-refractivity contribution is 0.0910. The van der Waals surface area contributed by atoms with Crippen LogP contribution in [0.4, 0.5) is 14.9 Å². The molecule has 132 valence electrons. The highest BCUT2D eigenvalue weighted by atomic mass is 19.1. The van der Waals surface area contributed by atoms with Crippen LogP contribution >= 0.6 is 0 Å². The third-order valence-electron chi connectivity index (χ3n) is 4.11. The fourth-order valence-electron chi connectivity index (χ4n) is 2.95. The smallest absolute Gasteiger partial charge is 0.409 e. The third kappa shape index (κ3) is 3.89. The van der Waals surface area contributed by atoms with Crippen molar-refractivity contribution in [3.05, 3.63) is 58.7 Å². The summed E-state index contributed by atoms with van der Waals surface area (Å²) in [7, 11) is 0. The minimum atomic E-state index is -1.24. The van der Waals surface area contributed by atoms with Gasteiger partial charge in [-0.05, 0) is 36.1 Å². The van der Waals surface area contributed by atoms with Gasteiger partial charge in [0.05, 0.1) is 11.3 Å². The molecule has 0 spiro atoms. The summed E-state index contributed by atoms with van der Waals surface area (Å²) in [6, 6.07) is 5.46. The molecule has 0 aliphatic heterocycles. The van der Waals surface area contributed by atoms with Crippen LogP contribution in [-0.4, -0.2) is 22.0 Å². The predicted molar refractivity (Wildman–Crippen MR) is 94.7 cm³/mol. The van der Waals surface area contributed by atoms with E-state index < -0.39 is 11.9 Å². The summed E-state index contributed by atoms with van der Waals surface area (Å²) in [6.07, 6.45) is 1.50. The van der Waals surface area contributed by atoms with Crippen LogP contribution in [0.25, 0.3) is 0 Å². The maximum absolute atomic E-state index is 13.9. The summed E-state index contributed by atoms with van der Waals surface area (Å²) in [5.41, 5.74) is 2.01. The molecule has 2 N–H and O–H groups in total. The van der Waals surface area contributed by atoms with E-state index in [9.17, 15) is 14.0 Å². The summed E-state index contributed by atoms with van der Waals surface area (Å²) < 4.78 is 13.9. The number of anilines is 1. The molecule has 0 radical (unpaired) electrons. The van der Waals surface area contributed by atoms with Gasteiger partial charge in [-0.3, -0.25) is 15.1 Å². The lowest BCUT2D eigenvalue weighted by atomic mass is 9.75. The van der Waals surface area contributed by atoms with Crippen molar-refractivity contribution < 1.29 is 19.1 Å². The van der Waals surface area contributed by atoms with E-state index in [-0.39, 0.29) is 22.4 Å². The summed E-state index contributed by atoms with van der Waals surface area (Å²) in [5, 5.41) is 10.9. The van der Waals surface area contributed by atoms with E-state index >= 15 is 0 Å². The van der Waals surface area contributed by atoms with Gasteiger partial charge < -0.3 is 5.11 Å². The number of aromatic nitrogens is 1. The molecule has 1 aliphatic rings. The molecule has 1 aromatic heterocycles. The molecule has 0 bridgehead atoms. The molecule has 5 nitrogen and oxygen atoms in total. The number of amides is 1. The molecule has 1 aliphatic carbocycles. The lowest BCUT2D eigenvalue weighted by Crippen LogP contribution is -2.27. The molecule has 2 aromatic rings. The Kier molecular flexibility index (Phi) is 4.47. The maximum Gasteiger partial charge on any atom is 0.409 e. The van der Waals surface area contributed by atoms with Crippen molar-refractivity contribution in [1.29, 1.82) is 0 Å². The number of ketones is 1. The van der Waals surface area contributed by atoms with E-state index in [0.717, 1.165) is 18.2 Å². The van der Waals surface area contributed by atoms with Gasteiger partial charge >= 0.3 is 6.09 Å². The normalized spacial score (nSPS) is 14.8. The molecular formula is C20H17FN2O3. The number of nitrogens with zero attached hydrogens (tertiary/aromatic N) is 1. The van der Waals surface area contributed by atoms with Gasteiger partial charge in [-0.25, -0.2) is 9.18 Å². The first-order valence-electron chi connectivity index (χ1n) is 8.07. The molecule has 1 amide bonds. The third-order valence-corrected chi connectivity index (χ3v) is 4.11. The average molecular weight is 352 g/mol. The van der Waals surface area contributed by atoms with Gasteiger partial charge in [0.25, 0.3) is 0 Å². The Morgan fingerprint density at radius 2 is 2.04 bits per heavy atom. The molecule has 0 unspecified atom stereocenters. The van der Waals surface area contributed by atoms with E-state index in [1.807, 2.05) is 13.8 Å². The molecule has 0 saturated heterocycles. The number of hydrogen-bond acceptors (Lipinski definition) is 3. The molecule has 1 heterocycles. The molecule has 0 fully saturated rings. The first kappa shape index (κ1) is 17.6. The molecule has 0 saturated carbocycles.